The van der Waals surface area contributed by atoms with Crippen LogP contribution in [-0.2, 0) is 0 Å². The molecule has 1 aliphatic rings. The first-order valence-corrected chi connectivity index (χ1v) is 9.36. The van der Waals surface area contributed by atoms with E-state index in [4.69, 9.17) is 4.74 Å². The van der Waals surface area contributed by atoms with Crippen LogP contribution >= 0.6 is 0 Å². The highest BCUT2D eigenvalue weighted by molar-refractivity contribution is 6.34. The maximum absolute atomic E-state index is 12.7. The molecule has 0 spiro atoms. The number of carbonyl (C=O) groups excluding carboxylic acids is 3. The maximum Gasteiger partial charge on any atom is 0.343 e. The van der Waals surface area contributed by atoms with Gasteiger partial charge in [-0.3, -0.25) is 9.59 Å². The summed E-state index contributed by atoms with van der Waals surface area (Å²) in [5, 5.41) is 0. The lowest BCUT2D eigenvalue weighted by atomic mass is 10.0. The first-order chi connectivity index (χ1) is 14.0. The first-order valence-electron chi connectivity index (χ1n) is 9.36. The van der Waals surface area contributed by atoms with E-state index in [1.165, 1.54) is 6.07 Å². The molecule has 2 amide bonds. The molecule has 0 unspecified atom stereocenters. The van der Waals surface area contributed by atoms with Gasteiger partial charge in [0.05, 0.1) is 22.4 Å². The van der Waals surface area contributed by atoms with Crippen molar-refractivity contribution in [3.8, 4) is 5.75 Å². The first kappa shape index (κ1) is 18.6. The molecule has 0 saturated carbocycles. The summed E-state index contributed by atoms with van der Waals surface area (Å²) in [5.41, 5.74) is 2.24. The fourth-order valence-electron chi connectivity index (χ4n) is 3.40. The zero-order chi connectivity index (χ0) is 20.5. The molecule has 0 atom stereocenters. The molecule has 4 rings (SSSR count). The Hall–Kier alpha value is -3.73. The van der Waals surface area contributed by atoms with Gasteiger partial charge in [0.1, 0.15) is 5.75 Å². The second-order valence-electron chi connectivity index (χ2n) is 7.12. The van der Waals surface area contributed by atoms with Crippen LogP contribution in [0.2, 0.25) is 0 Å². The minimum atomic E-state index is -0.545. The Kier molecular flexibility index (Phi) is 4.72. The van der Waals surface area contributed by atoms with Crippen molar-refractivity contribution in [1.82, 2.24) is 0 Å². The monoisotopic (exact) mass is 385 g/mol. The van der Waals surface area contributed by atoms with Gasteiger partial charge in [-0.15, -0.1) is 0 Å². The van der Waals surface area contributed by atoms with Crippen molar-refractivity contribution in [2.45, 2.75) is 19.8 Å². The lowest BCUT2D eigenvalue weighted by Gasteiger charge is -2.15. The van der Waals surface area contributed by atoms with Gasteiger partial charge in [0.2, 0.25) is 0 Å². The van der Waals surface area contributed by atoms with E-state index in [-0.39, 0.29) is 11.5 Å². The third-order valence-electron chi connectivity index (χ3n) is 4.88. The third-order valence-corrected chi connectivity index (χ3v) is 4.88. The number of rotatable bonds is 4. The molecule has 5 nitrogen and oxygen atoms in total. The number of hydrogen-bond donors (Lipinski definition) is 0. The Bertz CT molecular complexity index is 1100. The van der Waals surface area contributed by atoms with E-state index in [2.05, 4.69) is 0 Å². The average Bonchev–Trinajstić information content (AvgIpc) is 2.99. The normalized spacial score (nSPS) is 13.0. The van der Waals surface area contributed by atoms with Gasteiger partial charge in [0, 0.05) is 0 Å². The fraction of sp³-hybridized carbons (Fsp3) is 0.125. The molecule has 0 fully saturated rings. The summed E-state index contributed by atoms with van der Waals surface area (Å²) < 4.78 is 5.60. The van der Waals surface area contributed by atoms with Crippen LogP contribution in [0.1, 0.15) is 56.4 Å². The van der Waals surface area contributed by atoms with Crippen molar-refractivity contribution in [2.75, 3.05) is 4.90 Å². The van der Waals surface area contributed by atoms with Crippen LogP contribution < -0.4 is 9.64 Å². The van der Waals surface area contributed by atoms with Gasteiger partial charge in [-0.2, -0.15) is 0 Å². The molecule has 0 radical (unpaired) electrons. The van der Waals surface area contributed by atoms with Crippen LogP contribution in [-0.4, -0.2) is 17.8 Å². The van der Waals surface area contributed by atoms with E-state index in [0.29, 0.717) is 22.6 Å². The van der Waals surface area contributed by atoms with Crippen LogP contribution in [0.3, 0.4) is 0 Å². The van der Waals surface area contributed by atoms with Crippen molar-refractivity contribution in [3.63, 3.8) is 0 Å². The van der Waals surface area contributed by atoms with Gasteiger partial charge in [0.15, 0.2) is 0 Å². The predicted molar refractivity (Wildman–Crippen MR) is 110 cm³/mol. The second kappa shape index (κ2) is 7.36. The minimum absolute atomic E-state index is 0.198. The van der Waals surface area contributed by atoms with Crippen molar-refractivity contribution >= 4 is 23.5 Å². The summed E-state index contributed by atoms with van der Waals surface area (Å²) >= 11 is 0. The molecule has 144 valence electrons. The lowest BCUT2D eigenvalue weighted by Crippen LogP contribution is -2.29. The Morgan fingerprint density at radius 3 is 2.10 bits per heavy atom. The van der Waals surface area contributed by atoms with Crippen molar-refractivity contribution in [1.29, 1.82) is 0 Å². The van der Waals surface area contributed by atoms with Crippen LogP contribution in [0.4, 0.5) is 5.69 Å². The highest BCUT2D eigenvalue weighted by Gasteiger charge is 2.36. The Balaban J connectivity index is 1.63. The smallest absolute Gasteiger partial charge is 0.343 e. The number of imide groups is 1. The van der Waals surface area contributed by atoms with Gasteiger partial charge in [0.25, 0.3) is 11.8 Å². The van der Waals surface area contributed by atoms with E-state index in [9.17, 15) is 14.4 Å². The SMILES string of the molecule is CC(C)c1ccccc1OC(=O)c1cccc(N2C(=O)c3ccccc3C2=O)c1. The van der Waals surface area contributed by atoms with E-state index in [0.717, 1.165) is 10.5 Å². The van der Waals surface area contributed by atoms with Crippen molar-refractivity contribution < 1.29 is 19.1 Å². The maximum atomic E-state index is 12.7. The molecule has 1 aliphatic heterocycles. The summed E-state index contributed by atoms with van der Waals surface area (Å²) in [5.74, 6) is -0.651. The van der Waals surface area contributed by atoms with Gasteiger partial charge in [-0.1, -0.05) is 50.2 Å². The molecule has 0 aromatic heterocycles. The molecule has 1 heterocycles. The largest absolute Gasteiger partial charge is 0.423 e. The van der Waals surface area contributed by atoms with Crippen LogP contribution in [0, 0.1) is 0 Å². The molecule has 0 N–H and O–H groups in total. The van der Waals surface area contributed by atoms with E-state index >= 15 is 0 Å². The number of ether oxygens (including phenoxy) is 1. The Morgan fingerprint density at radius 1 is 0.828 bits per heavy atom. The molecule has 29 heavy (non-hydrogen) atoms. The molecule has 0 bridgehead atoms. The number of carbonyl (C=O) groups is 3. The summed E-state index contributed by atoms with van der Waals surface area (Å²) in [6.07, 6.45) is 0. The van der Waals surface area contributed by atoms with Crippen molar-refractivity contribution in [3.05, 3.63) is 95.1 Å². The topological polar surface area (TPSA) is 63.7 Å². The summed E-state index contributed by atoms with van der Waals surface area (Å²) in [4.78, 5) is 39.2. The number of hydrogen-bond acceptors (Lipinski definition) is 4. The molecule has 3 aromatic carbocycles. The number of benzene rings is 3. The standard InChI is InChI=1S/C24H19NO4/c1-15(2)18-10-5-6-13-21(18)29-24(28)16-8-7-9-17(14-16)25-22(26)19-11-3-4-12-20(19)23(25)27/h3-15H,1-2H3. The van der Waals surface area contributed by atoms with Gasteiger partial charge < -0.3 is 4.74 Å². The highest BCUT2D eigenvalue weighted by Crippen LogP contribution is 2.30. The van der Waals surface area contributed by atoms with E-state index < -0.39 is 17.8 Å². The molecule has 3 aromatic rings. The summed E-state index contributed by atoms with van der Waals surface area (Å²) in [6.45, 7) is 4.05. The molecule has 0 saturated heterocycles. The highest BCUT2D eigenvalue weighted by atomic mass is 16.5. The van der Waals surface area contributed by atoms with E-state index in [1.54, 1.807) is 48.5 Å². The lowest BCUT2D eigenvalue weighted by molar-refractivity contribution is 0.0731. The molecular weight excluding hydrogens is 366 g/mol. The van der Waals surface area contributed by atoms with Crippen LogP contribution in [0.5, 0.6) is 5.75 Å². The number of para-hydroxylation sites is 1. The predicted octanol–water partition coefficient (Wildman–Crippen LogP) is 4.83. The number of anilines is 1. The Morgan fingerprint density at radius 2 is 1.45 bits per heavy atom. The van der Waals surface area contributed by atoms with Crippen LogP contribution in [0.15, 0.2) is 72.8 Å². The number of fused-ring (bicyclic) bond motifs is 1. The minimum Gasteiger partial charge on any atom is -0.423 e. The summed E-state index contributed by atoms with van der Waals surface area (Å²) in [6, 6.07) is 20.4. The second-order valence-corrected chi connectivity index (χ2v) is 7.12. The van der Waals surface area contributed by atoms with Gasteiger partial charge >= 0.3 is 5.97 Å². The summed E-state index contributed by atoms with van der Waals surface area (Å²) in [7, 11) is 0. The number of nitrogens with zero attached hydrogens (tertiary/aromatic N) is 1. The Labute approximate surface area is 168 Å². The van der Waals surface area contributed by atoms with E-state index in [1.807, 2.05) is 32.0 Å². The molecular formula is C24H19NO4. The van der Waals surface area contributed by atoms with Crippen LogP contribution in [0.25, 0.3) is 0 Å². The molecule has 0 aliphatic carbocycles. The number of esters is 1. The fourth-order valence-corrected chi connectivity index (χ4v) is 3.40. The molecule has 5 heteroatoms. The average molecular weight is 385 g/mol. The van der Waals surface area contributed by atoms with Gasteiger partial charge in [-0.05, 0) is 47.9 Å². The zero-order valence-electron chi connectivity index (χ0n) is 16.1. The third kappa shape index (κ3) is 3.31. The quantitative estimate of drug-likeness (QED) is 0.367. The van der Waals surface area contributed by atoms with Gasteiger partial charge in [-0.25, -0.2) is 9.69 Å². The zero-order valence-corrected chi connectivity index (χ0v) is 16.1. The number of amides is 2. The van der Waals surface area contributed by atoms with Crippen molar-refractivity contribution in [2.24, 2.45) is 0 Å².